The Hall–Kier alpha value is -3.15. The van der Waals surface area contributed by atoms with Gasteiger partial charge in [-0.25, -0.2) is 4.79 Å². The van der Waals surface area contributed by atoms with Crippen molar-refractivity contribution in [1.29, 1.82) is 0 Å². The molecular weight excluding hydrogens is 356 g/mol. The summed E-state index contributed by atoms with van der Waals surface area (Å²) >= 11 is 0. The number of nitrogens with one attached hydrogen (secondary N) is 1. The van der Waals surface area contributed by atoms with Gasteiger partial charge in [-0.05, 0) is 43.7 Å². The Morgan fingerprint density at radius 3 is 2.43 bits per heavy atom. The van der Waals surface area contributed by atoms with Crippen molar-refractivity contribution < 1.29 is 19.1 Å². The monoisotopic (exact) mass is 382 g/mol. The van der Waals surface area contributed by atoms with Gasteiger partial charge in [0, 0.05) is 24.7 Å². The lowest BCUT2D eigenvalue weighted by Gasteiger charge is -2.17. The molecule has 0 spiro atoms. The van der Waals surface area contributed by atoms with Crippen LogP contribution in [0.3, 0.4) is 0 Å². The lowest BCUT2D eigenvalue weighted by atomic mass is 10.1. The van der Waals surface area contributed by atoms with Gasteiger partial charge in [0.25, 0.3) is 11.8 Å². The predicted octanol–water partition coefficient (Wildman–Crippen LogP) is 3.99. The number of nitrogens with zero attached hydrogens (tertiary/aromatic N) is 1. The van der Waals surface area contributed by atoms with Crippen LogP contribution in [0.5, 0.6) is 0 Å². The zero-order valence-electron chi connectivity index (χ0n) is 16.5. The number of hydrogen-bond acceptors (Lipinski definition) is 4. The minimum absolute atomic E-state index is 0.130. The third kappa shape index (κ3) is 5.42. The molecule has 2 aromatic carbocycles. The Balaban J connectivity index is 2.18. The highest BCUT2D eigenvalue weighted by Crippen LogP contribution is 2.18. The lowest BCUT2D eigenvalue weighted by Crippen LogP contribution is -2.28. The second-order valence-corrected chi connectivity index (χ2v) is 6.38. The minimum atomic E-state index is -0.500. The van der Waals surface area contributed by atoms with E-state index < -0.39 is 11.9 Å². The molecule has 0 radical (unpaired) electrons. The SMILES string of the molecule is CCCCN(C)C(=O)c1cccc(C(=O)Nc2ccccc2C(=O)OCC)c1. The van der Waals surface area contributed by atoms with E-state index in [-0.39, 0.29) is 18.1 Å². The Morgan fingerprint density at radius 2 is 1.71 bits per heavy atom. The number of carbonyl (C=O) groups is 3. The van der Waals surface area contributed by atoms with E-state index in [1.54, 1.807) is 67.4 Å². The number of para-hydroxylation sites is 1. The van der Waals surface area contributed by atoms with Gasteiger partial charge in [-0.1, -0.05) is 31.5 Å². The highest BCUT2D eigenvalue weighted by Gasteiger charge is 2.17. The number of amides is 2. The van der Waals surface area contributed by atoms with Gasteiger partial charge in [0.1, 0.15) is 0 Å². The first-order chi connectivity index (χ1) is 13.5. The molecule has 2 amide bonds. The molecule has 0 bridgehead atoms. The Kier molecular flexibility index (Phi) is 7.75. The molecule has 2 aromatic rings. The number of benzene rings is 2. The van der Waals surface area contributed by atoms with Crippen molar-refractivity contribution in [3.05, 3.63) is 65.2 Å². The molecule has 148 valence electrons. The lowest BCUT2D eigenvalue weighted by molar-refractivity contribution is 0.0527. The number of rotatable bonds is 8. The van der Waals surface area contributed by atoms with Crippen LogP contribution in [0.2, 0.25) is 0 Å². The van der Waals surface area contributed by atoms with E-state index in [0.717, 1.165) is 12.8 Å². The molecule has 0 saturated heterocycles. The van der Waals surface area contributed by atoms with Crippen molar-refractivity contribution in [3.63, 3.8) is 0 Å². The van der Waals surface area contributed by atoms with Crippen molar-refractivity contribution in [1.82, 2.24) is 4.90 Å². The number of esters is 1. The van der Waals surface area contributed by atoms with Crippen LogP contribution < -0.4 is 5.32 Å². The quantitative estimate of drug-likeness (QED) is 0.701. The molecule has 0 aliphatic heterocycles. The van der Waals surface area contributed by atoms with Crippen LogP contribution >= 0.6 is 0 Å². The third-order valence-corrected chi connectivity index (χ3v) is 4.24. The fourth-order valence-electron chi connectivity index (χ4n) is 2.68. The first-order valence-electron chi connectivity index (χ1n) is 9.41. The number of carbonyl (C=O) groups excluding carboxylic acids is 3. The normalized spacial score (nSPS) is 10.2. The molecule has 6 nitrogen and oxygen atoms in total. The summed E-state index contributed by atoms with van der Waals surface area (Å²) < 4.78 is 5.02. The van der Waals surface area contributed by atoms with Gasteiger partial charge in [0.2, 0.25) is 0 Å². The molecule has 2 rings (SSSR count). The average molecular weight is 382 g/mol. The van der Waals surface area contributed by atoms with Gasteiger partial charge >= 0.3 is 5.97 Å². The average Bonchev–Trinajstić information content (AvgIpc) is 2.72. The van der Waals surface area contributed by atoms with Crippen molar-refractivity contribution in [2.24, 2.45) is 0 Å². The summed E-state index contributed by atoms with van der Waals surface area (Å²) in [7, 11) is 1.75. The molecule has 28 heavy (non-hydrogen) atoms. The van der Waals surface area contributed by atoms with Crippen molar-refractivity contribution in [2.45, 2.75) is 26.7 Å². The maximum atomic E-state index is 12.7. The van der Waals surface area contributed by atoms with Crippen molar-refractivity contribution >= 4 is 23.5 Å². The van der Waals surface area contributed by atoms with E-state index in [9.17, 15) is 14.4 Å². The molecule has 0 fully saturated rings. The third-order valence-electron chi connectivity index (χ3n) is 4.24. The highest BCUT2D eigenvalue weighted by molar-refractivity contribution is 6.09. The molecule has 0 saturated carbocycles. The summed E-state index contributed by atoms with van der Waals surface area (Å²) in [6.07, 6.45) is 1.92. The second-order valence-electron chi connectivity index (χ2n) is 6.38. The maximum absolute atomic E-state index is 12.7. The van der Waals surface area contributed by atoms with E-state index in [4.69, 9.17) is 4.74 Å². The number of unbranched alkanes of at least 4 members (excludes halogenated alkanes) is 1. The molecule has 0 atom stereocenters. The standard InChI is InChI=1S/C22H26N2O4/c1-4-6-14-24(3)21(26)17-11-9-10-16(15-17)20(25)23-19-13-8-7-12-18(19)22(27)28-5-2/h7-13,15H,4-6,14H2,1-3H3,(H,23,25). The molecule has 0 aliphatic carbocycles. The number of anilines is 1. The maximum Gasteiger partial charge on any atom is 0.340 e. The first-order valence-corrected chi connectivity index (χ1v) is 9.41. The van der Waals surface area contributed by atoms with Crippen LogP contribution in [0, 0.1) is 0 Å². The van der Waals surface area contributed by atoms with Crippen LogP contribution in [0.15, 0.2) is 48.5 Å². The first kappa shape index (κ1) is 21.2. The summed E-state index contributed by atoms with van der Waals surface area (Å²) in [5, 5.41) is 2.73. The smallest absolute Gasteiger partial charge is 0.340 e. The number of hydrogen-bond donors (Lipinski definition) is 1. The van der Waals surface area contributed by atoms with Crippen molar-refractivity contribution in [3.8, 4) is 0 Å². The molecule has 0 aliphatic rings. The van der Waals surface area contributed by atoms with E-state index in [1.807, 2.05) is 0 Å². The fourth-order valence-corrected chi connectivity index (χ4v) is 2.68. The van der Waals surface area contributed by atoms with Crippen LogP contribution in [0.4, 0.5) is 5.69 Å². The number of ether oxygens (including phenoxy) is 1. The van der Waals surface area contributed by atoms with Gasteiger partial charge in [-0.3, -0.25) is 9.59 Å². The summed E-state index contributed by atoms with van der Waals surface area (Å²) in [4.78, 5) is 38.9. The van der Waals surface area contributed by atoms with Gasteiger partial charge in [0.05, 0.1) is 17.9 Å². The molecule has 6 heteroatoms. The Labute approximate surface area is 165 Å². The van der Waals surface area contributed by atoms with Crippen LogP contribution in [-0.2, 0) is 4.74 Å². The fraction of sp³-hybridized carbons (Fsp3) is 0.318. The summed E-state index contributed by atoms with van der Waals surface area (Å²) in [5.74, 6) is -1.03. The highest BCUT2D eigenvalue weighted by atomic mass is 16.5. The zero-order valence-corrected chi connectivity index (χ0v) is 16.5. The van der Waals surface area contributed by atoms with E-state index in [1.165, 1.54) is 0 Å². The van der Waals surface area contributed by atoms with Crippen LogP contribution in [-0.4, -0.2) is 42.9 Å². The molecular formula is C22H26N2O4. The van der Waals surface area contributed by atoms with E-state index in [0.29, 0.717) is 23.4 Å². The Morgan fingerprint density at radius 1 is 1.00 bits per heavy atom. The molecule has 0 aromatic heterocycles. The Bertz CT molecular complexity index is 848. The van der Waals surface area contributed by atoms with Crippen LogP contribution in [0.25, 0.3) is 0 Å². The predicted molar refractivity (Wildman–Crippen MR) is 109 cm³/mol. The summed E-state index contributed by atoms with van der Waals surface area (Å²) in [6, 6.07) is 13.2. The van der Waals surface area contributed by atoms with Gasteiger partial charge in [-0.2, -0.15) is 0 Å². The summed E-state index contributed by atoms with van der Waals surface area (Å²) in [5.41, 5.74) is 1.44. The van der Waals surface area contributed by atoms with Gasteiger partial charge in [0.15, 0.2) is 0 Å². The minimum Gasteiger partial charge on any atom is -0.462 e. The van der Waals surface area contributed by atoms with Gasteiger partial charge in [-0.15, -0.1) is 0 Å². The molecule has 0 unspecified atom stereocenters. The zero-order chi connectivity index (χ0) is 20.5. The molecule has 1 N–H and O–H groups in total. The van der Waals surface area contributed by atoms with E-state index >= 15 is 0 Å². The van der Waals surface area contributed by atoms with Crippen LogP contribution in [0.1, 0.15) is 57.8 Å². The van der Waals surface area contributed by atoms with E-state index in [2.05, 4.69) is 12.2 Å². The second kappa shape index (κ2) is 10.3. The van der Waals surface area contributed by atoms with Gasteiger partial charge < -0.3 is 15.0 Å². The topological polar surface area (TPSA) is 75.7 Å². The van der Waals surface area contributed by atoms with Crippen molar-refractivity contribution in [2.75, 3.05) is 25.5 Å². The molecule has 0 heterocycles. The largest absolute Gasteiger partial charge is 0.462 e. The summed E-state index contributed by atoms with van der Waals surface area (Å²) in [6.45, 7) is 4.70.